The van der Waals surface area contributed by atoms with Crippen molar-refractivity contribution in [3.8, 4) is 0 Å². The second kappa shape index (κ2) is 6.66. The van der Waals surface area contributed by atoms with Crippen LogP contribution in [0.25, 0.3) is 0 Å². The second-order valence-electron chi connectivity index (χ2n) is 7.42. The van der Waals surface area contributed by atoms with Crippen molar-refractivity contribution in [3.05, 3.63) is 33.8 Å². The quantitative estimate of drug-likeness (QED) is 0.879. The van der Waals surface area contributed by atoms with Crippen LogP contribution in [0.1, 0.15) is 48.3 Å². The molecule has 2 atom stereocenters. The van der Waals surface area contributed by atoms with Crippen molar-refractivity contribution in [2.45, 2.75) is 57.1 Å². The van der Waals surface area contributed by atoms with Gasteiger partial charge < -0.3 is 15.2 Å². The van der Waals surface area contributed by atoms with E-state index in [0.29, 0.717) is 10.9 Å². The fraction of sp³-hybridized carbons (Fsp3) is 0.632. The highest BCUT2D eigenvalue weighted by Crippen LogP contribution is 2.45. The Kier molecular flexibility index (Phi) is 4.92. The highest BCUT2D eigenvalue weighted by Gasteiger charge is 2.54. The first-order valence-electron chi connectivity index (χ1n) is 8.63. The molecular formula is C19H26ClNO3. The first-order valence-corrected chi connectivity index (χ1v) is 9.01. The first-order chi connectivity index (χ1) is 11.4. The highest BCUT2D eigenvalue weighted by molar-refractivity contribution is 6.30. The van der Waals surface area contributed by atoms with Crippen molar-refractivity contribution >= 4 is 17.5 Å². The summed E-state index contributed by atoms with van der Waals surface area (Å²) in [6.07, 6.45) is 2.84. The number of aliphatic hydroxyl groups excluding tert-OH is 1. The molecule has 1 heterocycles. The van der Waals surface area contributed by atoms with Crippen LogP contribution < -0.4 is 5.32 Å². The summed E-state index contributed by atoms with van der Waals surface area (Å²) < 4.78 is 5.25. The number of halogens is 1. The number of hydrogen-bond donors (Lipinski definition) is 2. The Bertz CT molecular complexity index is 614. The van der Waals surface area contributed by atoms with Crippen molar-refractivity contribution in [2.75, 3.05) is 13.7 Å². The molecule has 1 saturated carbocycles. The molecule has 3 rings (SSSR count). The van der Waals surface area contributed by atoms with Crippen molar-refractivity contribution in [1.82, 2.24) is 5.32 Å². The molecule has 4 nitrogen and oxygen atoms in total. The van der Waals surface area contributed by atoms with Gasteiger partial charge in [0.2, 0.25) is 5.91 Å². The van der Waals surface area contributed by atoms with Crippen molar-refractivity contribution in [1.29, 1.82) is 0 Å². The average molecular weight is 352 g/mol. The number of aliphatic hydroxyl groups is 1. The van der Waals surface area contributed by atoms with E-state index in [0.717, 1.165) is 49.0 Å². The van der Waals surface area contributed by atoms with Gasteiger partial charge in [-0.25, -0.2) is 0 Å². The molecule has 5 heteroatoms. The van der Waals surface area contributed by atoms with Gasteiger partial charge in [-0.15, -0.1) is 0 Å². The first kappa shape index (κ1) is 17.7. The zero-order valence-electron chi connectivity index (χ0n) is 14.6. The molecule has 2 fully saturated rings. The number of hydrogen-bond acceptors (Lipinski definition) is 3. The Labute approximate surface area is 148 Å². The lowest BCUT2D eigenvalue weighted by Crippen LogP contribution is -2.51. The van der Waals surface area contributed by atoms with Crippen LogP contribution in [0.15, 0.2) is 12.1 Å². The van der Waals surface area contributed by atoms with E-state index in [9.17, 15) is 9.90 Å². The third kappa shape index (κ3) is 2.96. The number of methoxy groups -OCH3 is 1. The maximum absolute atomic E-state index is 12.7. The molecule has 1 aromatic carbocycles. The minimum atomic E-state index is -0.702. The normalized spacial score (nSPS) is 33.0. The molecule has 0 aromatic heterocycles. The monoisotopic (exact) mass is 351 g/mol. The van der Waals surface area contributed by atoms with Crippen LogP contribution in [0.4, 0.5) is 0 Å². The molecule has 0 radical (unpaired) electrons. The van der Waals surface area contributed by atoms with Crippen LogP contribution in [0.3, 0.4) is 0 Å². The summed E-state index contributed by atoms with van der Waals surface area (Å²) in [4.78, 5) is 12.7. The van der Waals surface area contributed by atoms with E-state index in [-0.39, 0.29) is 5.91 Å². The fourth-order valence-electron chi connectivity index (χ4n) is 4.58. The second-order valence-corrected chi connectivity index (χ2v) is 7.86. The van der Waals surface area contributed by atoms with Gasteiger partial charge in [-0.2, -0.15) is 0 Å². The topological polar surface area (TPSA) is 58.6 Å². The number of rotatable bonds is 3. The van der Waals surface area contributed by atoms with Gasteiger partial charge in [-0.05, 0) is 74.3 Å². The minimum Gasteiger partial charge on any atom is -0.389 e. The summed E-state index contributed by atoms with van der Waals surface area (Å²) >= 11 is 6.11. The number of nitrogens with one attached hydrogen (secondary N) is 1. The Hall–Kier alpha value is -1.10. The molecule has 132 valence electrons. The van der Waals surface area contributed by atoms with E-state index in [1.807, 2.05) is 26.0 Å². The Morgan fingerprint density at radius 3 is 2.42 bits per heavy atom. The van der Waals surface area contributed by atoms with E-state index in [1.165, 1.54) is 0 Å². The molecule has 1 aromatic rings. The van der Waals surface area contributed by atoms with Crippen LogP contribution >= 0.6 is 11.6 Å². The summed E-state index contributed by atoms with van der Waals surface area (Å²) in [7, 11) is 1.72. The van der Waals surface area contributed by atoms with Crippen molar-refractivity contribution < 1.29 is 14.6 Å². The SMILES string of the molecule is COCC1CCC2(CC1)NC(=O)C(c1c(C)cc(Cl)cc1C)C2O. The fourth-order valence-corrected chi connectivity index (χ4v) is 4.90. The summed E-state index contributed by atoms with van der Waals surface area (Å²) in [6, 6.07) is 3.73. The summed E-state index contributed by atoms with van der Waals surface area (Å²) in [5, 5.41) is 14.9. The van der Waals surface area contributed by atoms with Gasteiger partial charge in [0.25, 0.3) is 0 Å². The van der Waals surface area contributed by atoms with E-state index in [2.05, 4.69) is 5.32 Å². The van der Waals surface area contributed by atoms with Gasteiger partial charge in [0, 0.05) is 18.7 Å². The number of carbonyl (C=O) groups excluding carboxylic acids is 1. The summed E-state index contributed by atoms with van der Waals surface area (Å²) in [5.74, 6) is -0.0646. The predicted molar refractivity (Wildman–Crippen MR) is 94.4 cm³/mol. The smallest absolute Gasteiger partial charge is 0.230 e. The maximum atomic E-state index is 12.7. The van der Waals surface area contributed by atoms with Gasteiger partial charge >= 0.3 is 0 Å². The van der Waals surface area contributed by atoms with E-state index in [4.69, 9.17) is 16.3 Å². The molecule has 2 unspecified atom stereocenters. The van der Waals surface area contributed by atoms with Gasteiger partial charge in [-0.1, -0.05) is 11.6 Å². The van der Waals surface area contributed by atoms with Crippen LogP contribution in [0.5, 0.6) is 0 Å². The zero-order valence-corrected chi connectivity index (χ0v) is 15.3. The molecule has 2 aliphatic rings. The van der Waals surface area contributed by atoms with Crippen molar-refractivity contribution in [3.63, 3.8) is 0 Å². The zero-order chi connectivity index (χ0) is 17.5. The Morgan fingerprint density at radius 2 is 1.88 bits per heavy atom. The van der Waals surface area contributed by atoms with Gasteiger partial charge in [-0.3, -0.25) is 4.79 Å². The number of carbonyl (C=O) groups is 1. The number of ether oxygens (including phenoxy) is 1. The molecule has 1 aliphatic carbocycles. The van der Waals surface area contributed by atoms with Crippen molar-refractivity contribution in [2.24, 2.45) is 5.92 Å². The molecule has 2 N–H and O–H groups in total. The van der Waals surface area contributed by atoms with Crippen LogP contribution in [0, 0.1) is 19.8 Å². The third-order valence-electron chi connectivity index (χ3n) is 5.81. The third-order valence-corrected chi connectivity index (χ3v) is 6.02. The van der Waals surface area contributed by atoms with E-state index >= 15 is 0 Å². The molecule has 1 aliphatic heterocycles. The van der Waals surface area contributed by atoms with Crippen LogP contribution in [0.2, 0.25) is 5.02 Å². The Balaban J connectivity index is 1.87. The number of aryl methyl sites for hydroxylation is 2. The summed E-state index contributed by atoms with van der Waals surface area (Å²) in [5.41, 5.74) is 2.35. The molecule has 1 amide bonds. The Morgan fingerprint density at radius 1 is 1.29 bits per heavy atom. The van der Waals surface area contributed by atoms with Gasteiger partial charge in [0.15, 0.2) is 0 Å². The lowest BCUT2D eigenvalue weighted by molar-refractivity contribution is -0.121. The lowest BCUT2D eigenvalue weighted by atomic mass is 9.72. The van der Waals surface area contributed by atoms with Crippen LogP contribution in [-0.4, -0.2) is 36.4 Å². The molecule has 24 heavy (non-hydrogen) atoms. The molecule has 0 bridgehead atoms. The molecule has 1 spiro atoms. The number of benzene rings is 1. The highest BCUT2D eigenvalue weighted by atomic mass is 35.5. The van der Waals surface area contributed by atoms with Gasteiger partial charge in [0.05, 0.1) is 17.6 Å². The van der Waals surface area contributed by atoms with E-state index < -0.39 is 17.6 Å². The standard InChI is InChI=1S/C19H26ClNO3/c1-11-8-14(20)9-12(2)15(11)16-17(22)19(21-18(16)23)6-4-13(5-7-19)10-24-3/h8-9,13,16-17,22H,4-7,10H2,1-3H3,(H,21,23). The average Bonchev–Trinajstić information content (AvgIpc) is 2.74. The number of amides is 1. The summed E-state index contributed by atoms with van der Waals surface area (Å²) in [6.45, 7) is 4.66. The molecular weight excluding hydrogens is 326 g/mol. The lowest BCUT2D eigenvalue weighted by Gasteiger charge is -2.39. The van der Waals surface area contributed by atoms with E-state index in [1.54, 1.807) is 7.11 Å². The minimum absolute atomic E-state index is 0.0683. The largest absolute Gasteiger partial charge is 0.389 e. The van der Waals surface area contributed by atoms with Gasteiger partial charge in [0.1, 0.15) is 0 Å². The molecule has 1 saturated heterocycles. The van der Waals surface area contributed by atoms with Crippen LogP contribution in [-0.2, 0) is 9.53 Å². The predicted octanol–water partition coefficient (Wildman–Crippen LogP) is 3.11. The maximum Gasteiger partial charge on any atom is 0.230 e.